The first kappa shape index (κ1) is 21.0. The Balaban J connectivity index is 1.57. The second kappa shape index (κ2) is 9.67. The molecule has 4 rings (SSSR count). The molecule has 0 radical (unpaired) electrons. The average molecular weight is 422 g/mol. The summed E-state index contributed by atoms with van der Waals surface area (Å²) in [5.74, 6) is 0.354. The maximum Gasteiger partial charge on any atom is 0.262 e. The van der Waals surface area contributed by atoms with Gasteiger partial charge in [0.2, 0.25) is 0 Å². The van der Waals surface area contributed by atoms with Gasteiger partial charge in [0.1, 0.15) is 17.4 Å². The van der Waals surface area contributed by atoms with Crippen molar-refractivity contribution in [2.24, 2.45) is 0 Å². The van der Waals surface area contributed by atoms with Gasteiger partial charge in [0, 0.05) is 35.8 Å². The fourth-order valence-corrected chi connectivity index (χ4v) is 3.63. The highest BCUT2D eigenvalue weighted by Gasteiger charge is 2.12. The van der Waals surface area contributed by atoms with E-state index in [1.54, 1.807) is 13.2 Å². The molecule has 0 bridgehead atoms. The molecule has 4 aromatic rings. The number of nitrogens with zero attached hydrogens (tertiary/aromatic N) is 2. The standard InChI is InChI=1S/C27H23N3O2/c1-32-24-13-11-20(12-14-24)17-29-27(31)22(16-28)15-23-19-30(18-21-7-3-2-4-8-21)26-10-6-5-9-25(23)26/h2-15,19H,17-18H2,1H3,(H,29,31)/b22-15+. The van der Waals surface area contributed by atoms with Crippen LogP contribution in [0.15, 0.2) is 90.6 Å². The van der Waals surface area contributed by atoms with Gasteiger partial charge in [-0.3, -0.25) is 4.79 Å². The molecular formula is C27H23N3O2. The van der Waals surface area contributed by atoms with Crippen LogP contribution in [0.1, 0.15) is 16.7 Å². The molecule has 1 amide bonds. The maximum atomic E-state index is 12.7. The van der Waals surface area contributed by atoms with Gasteiger partial charge in [0.15, 0.2) is 0 Å². The van der Waals surface area contributed by atoms with E-state index in [4.69, 9.17) is 4.74 Å². The largest absolute Gasteiger partial charge is 0.497 e. The number of carbonyl (C=O) groups is 1. The molecule has 0 aliphatic rings. The van der Waals surface area contributed by atoms with Gasteiger partial charge in [0.05, 0.1) is 7.11 Å². The number of hydrogen-bond donors (Lipinski definition) is 1. The van der Waals surface area contributed by atoms with Crippen molar-refractivity contribution in [2.75, 3.05) is 7.11 Å². The molecule has 0 saturated carbocycles. The molecule has 3 aromatic carbocycles. The van der Waals surface area contributed by atoms with E-state index in [0.717, 1.165) is 27.8 Å². The summed E-state index contributed by atoms with van der Waals surface area (Å²) >= 11 is 0. The molecule has 0 saturated heterocycles. The van der Waals surface area contributed by atoms with E-state index >= 15 is 0 Å². The van der Waals surface area contributed by atoms with Crippen molar-refractivity contribution in [1.82, 2.24) is 9.88 Å². The number of carbonyl (C=O) groups excluding carboxylic acids is 1. The molecule has 0 fully saturated rings. The SMILES string of the molecule is COc1ccc(CNC(=O)/C(C#N)=C/c2cn(Cc3ccccc3)c3ccccc23)cc1. The van der Waals surface area contributed by atoms with Crippen molar-refractivity contribution < 1.29 is 9.53 Å². The lowest BCUT2D eigenvalue weighted by Gasteiger charge is -2.06. The number of fused-ring (bicyclic) bond motifs is 1. The molecule has 5 nitrogen and oxygen atoms in total. The normalized spacial score (nSPS) is 11.2. The highest BCUT2D eigenvalue weighted by molar-refractivity contribution is 6.04. The summed E-state index contributed by atoms with van der Waals surface area (Å²) in [6.07, 6.45) is 3.65. The predicted octanol–water partition coefficient (Wildman–Crippen LogP) is 4.92. The van der Waals surface area contributed by atoms with Crippen LogP contribution in [0.5, 0.6) is 5.75 Å². The van der Waals surface area contributed by atoms with E-state index < -0.39 is 5.91 Å². The molecule has 32 heavy (non-hydrogen) atoms. The number of aromatic nitrogens is 1. The third-order valence-corrected chi connectivity index (χ3v) is 5.29. The first-order chi connectivity index (χ1) is 15.7. The van der Waals surface area contributed by atoms with Crippen LogP contribution in [0.4, 0.5) is 0 Å². The van der Waals surface area contributed by atoms with Crippen LogP contribution in [0.3, 0.4) is 0 Å². The highest BCUT2D eigenvalue weighted by Crippen LogP contribution is 2.24. The topological polar surface area (TPSA) is 67.0 Å². The van der Waals surface area contributed by atoms with Crippen molar-refractivity contribution in [1.29, 1.82) is 5.26 Å². The first-order valence-electron chi connectivity index (χ1n) is 10.3. The third kappa shape index (κ3) is 4.71. The lowest BCUT2D eigenvalue weighted by atomic mass is 10.1. The van der Waals surface area contributed by atoms with Crippen molar-refractivity contribution >= 4 is 22.9 Å². The van der Waals surface area contributed by atoms with Crippen LogP contribution in [0.2, 0.25) is 0 Å². The molecule has 0 aliphatic heterocycles. The Morgan fingerprint density at radius 2 is 1.72 bits per heavy atom. The van der Waals surface area contributed by atoms with Gasteiger partial charge < -0.3 is 14.6 Å². The second-order valence-corrected chi connectivity index (χ2v) is 7.42. The predicted molar refractivity (Wildman–Crippen MR) is 126 cm³/mol. The molecular weight excluding hydrogens is 398 g/mol. The molecule has 0 atom stereocenters. The minimum atomic E-state index is -0.400. The number of para-hydroxylation sites is 1. The third-order valence-electron chi connectivity index (χ3n) is 5.29. The van der Waals surface area contributed by atoms with Crippen LogP contribution in [-0.2, 0) is 17.9 Å². The van der Waals surface area contributed by atoms with E-state index in [-0.39, 0.29) is 5.57 Å². The van der Waals surface area contributed by atoms with E-state index in [0.29, 0.717) is 13.1 Å². The number of nitrogens with one attached hydrogen (secondary N) is 1. The quantitative estimate of drug-likeness (QED) is 0.340. The number of benzene rings is 3. The molecule has 0 aliphatic carbocycles. The van der Waals surface area contributed by atoms with Crippen LogP contribution >= 0.6 is 0 Å². The highest BCUT2D eigenvalue weighted by atomic mass is 16.5. The fraction of sp³-hybridized carbons (Fsp3) is 0.111. The Bertz CT molecular complexity index is 1300. The Morgan fingerprint density at radius 3 is 2.44 bits per heavy atom. The molecule has 0 spiro atoms. The van der Waals surface area contributed by atoms with Gasteiger partial charge in [-0.2, -0.15) is 5.26 Å². The van der Waals surface area contributed by atoms with E-state index in [2.05, 4.69) is 22.0 Å². The summed E-state index contributed by atoms with van der Waals surface area (Å²) < 4.78 is 7.29. The molecule has 5 heteroatoms. The van der Waals surface area contributed by atoms with E-state index in [1.807, 2.05) is 79.0 Å². The molecule has 0 unspecified atom stereocenters. The van der Waals surface area contributed by atoms with Gasteiger partial charge in [-0.15, -0.1) is 0 Å². The number of methoxy groups -OCH3 is 1. The van der Waals surface area contributed by atoms with Crippen molar-refractivity contribution in [2.45, 2.75) is 13.1 Å². The summed E-state index contributed by atoms with van der Waals surface area (Å²) in [4.78, 5) is 12.7. The van der Waals surface area contributed by atoms with Gasteiger partial charge >= 0.3 is 0 Å². The van der Waals surface area contributed by atoms with Crippen molar-refractivity contribution in [3.8, 4) is 11.8 Å². The fourth-order valence-electron chi connectivity index (χ4n) is 3.63. The number of rotatable bonds is 7. The Morgan fingerprint density at radius 1 is 1.00 bits per heavy atom. The van der Waals surface area contributed by atoms with Crippen molar-refractivity contribution in [3.05, 3.63) is 107 Å². The van der Waals surface area contributed by atoms with Gasteiger partial charge in [-0.25, -0.2) is 0 Å². The monoisotopic (exact) mass is 421 g/mol. The minimum absolute atomic E-state index is 0.0705. The minimum Gasteiger partial charge on any atom is -0.497 e. The number of hydrogen-bond acceptors (Lipinski definition) is 3. The van der Waals surface area contributed by atoms with Gasteiger partial charge in [-0.05, 0) is 35.4 Å². The van der Waals surface area contributed by atoms with E-state index in [9.17, 15) is 10.1 Å². The van der Waals surface area contributed by atoms with Crippen LogP contribution in [0.25, 0.3) is 17.0 Å². The summed E-state index contributed by atoms with van der Waals surface area (Å²) in [7, 11) is 1.61. The summed E-state index contributed by atoms with van der Waals surface area (Å²) in [5.41, 5.74) is 4.07. The van der Waals surface area contributed by atoms with Gasteiger partial charge in [0.25, 0.3) is 5.91 Å². The molecule has 1 N–H and O–H groups in total. The Hall–Kier alpha value is -4.30. The Labute approximate surface area is 187 Å². The van der Waals surface area contributed by atoms with Crippen LogP contribution in [0, 0.1) is 11.3 Å². The zero-order chi connectivity index (χ0) is 22.3. The molecule has 1 aromatic heterocycles. The first-order valence-corrected chi connectivity index (χ1v) is 10.3. The zero-order valence-corrected chi connectivity index (χ0v) is 17.8. The number of ether oxygens (including phenoxy) is 1. The lowest BCUT2D eigenvalue weighted by molar-refractivity contribution is -0.117. The molecule has 158 valence electrons. The van der Waals surface area contributed by atoms with E-state index in [1.165, 1.54) is 5.56 Å². The smallest absolute Gasteiger partial charge is 0.262 e. The van der Waals surface area contributed by atoms with Crippen LogP contribution < -0.4 is 10.1 Å². The Kier molecular flexibility index (Phi) is 6.33. The lowest BCUT2D eigenvalue weighted by Crippen LogP contribution is -2.23. The summed E-state index contributed by atoms with van der Waals surface area (Å²) in [6.45, 7) is 1.04. The summed E-state index contributed by atoms with van der Waals surface area (Å²) in [5, 5.41) is 13.5. The molecule has 1 heterocycles. The van der Waals surface area contributed by atoms with Gasteiger partial charge in [-0.1, -0.05) is 60.7 Å². The maximum absolute atomic E-state index is 12.7. The summed E-state index contributed by atoms with van der Waals surface area (Å²) in [6, 6.07) is 27.7. The van der Waals surface area contributed by atoms with Crippen LogP contribution in [-0.4, -0.2) is 17.6 Å². The van der Waals surface area contributed by atoms with Crippen molar-refractivity contribution in [3.63, 3.8) is 0 Å². The average Bonchev–Trinajstić information content (AvgIpc) is 3.19. The zero-order valence-electron chi connectivity index (χ0n) is 17.8. The number of nitriles is 1. The second-order valence-electron chi connectivity index (χ2n) is 7.42. The number of amides is 1.